The largest absolute Gasteiger partial charge is 0.423 e. The molecule has 0 amide bonds. The molecule has 0 radical (unpaired) electrons. The minimum Gasteiger partial charge on any atom is -0.423 e. The summed E-state index contributed by atoms with van der Waals surface area (Å²) in [6.45, 7) is 6.11. The molecule has 0 fully saturated rings. The standard InChI is InChI=1S/C15H18N4O2/c1-9(2)15-18-17-13(21-15)8-19-12-7-5-4-6-11(12)16-14(19)10(3)20/h4-7,9-10,20H,8H2,1-3H3. The van der Waals surface area contributed by atoms with Gasteiger partial charge in [0.1, 0.15) is 18.5 Å². The maximum atomic E-state index is 9.93. The second-order valence-electron chi connectivity index (χ2n) is 5.41. The fourth-order valence-electron chi connectivity index (χ4n) is 2.28. The number of aromatic nitrogens is 4. The van der Waals surface area contributed by atoms with Gasteiger partial charge < -0.3 is 14.1 Å². The molecular weight excluding hydrogens is 268 g/mol. The Hall–Kier alpha value is -2.21. The van der Waals surface area contributed by atoms with Crippen LogP contribution in [0.15, 0.2) is 28.7 Å². The van der Waals surface area contributed by atoms with Crippen LogP contribution < -0.4 is 0 Å². The molecule has 0 saturated heterocycles. The van der Waals surface area contributed by atoms with E-state index in [9.17, 15) is 5.11 Å². The highest BCUT2D eigenvalue weighted by molar-refractivity contribution is 5.76. The number of hydrogen-bond donors (Lipinski definition) is 1. The molecule has 6 nitrogen and oxygen atoms in total. The summed E-state index contributed by atoms with van der Waals surface area (Å²) in [5, 5.41) is 18.0. The smallest absolute Gasteiger partial charge is 0.236 e. The van der Waals surface area contributed by atoms with Crippen molar-refractivity contribution in [2.24, 2.45) is 0 Å². The average molecular weight is 286 g/mol. The van der Waals surface area contributed by atoms with Crippen LogP contribution in [-0.4, -0.2) is 24.9 Å². The molecule has 6 heteroatoms. The van der Waals surface area contributed by atoms with Crippen molar-refractivity contribution in [1.82, 2.24) is 19.7 Å². The summed E-state index contributed by atoms with van der Waals surface area (Å²) in [6, 6.07) is 7.76. The Morgan fingerprint density at radius 3 is 2.62 bits per heavy atom. The first-order valence-corrected chi connectivity index (χ1v) is 7.01. The first kappa shape index (κ1) is 13.8. The van der Waals surface area contributed by atoms with Gasteiger partial charge in [0, 0.05) is 5.92 Å². The van der Waals surface area contributed by atoms with Gasteiger partial charge in [0.15, 0.2) is 0 Å². The van der Waals surface area contributed by atoms with Crippen molar-refractivity contribution in [2.75, 3.05) is 0 Å². The van der Waals surface area contributed by atoms with Gasteiger partial charge in [0.25, 0.3) is 0 Å². The van der Waals surface area contributed by atoms with Gasteiger partial charge in [-0.25, -0.2) is 4.98 Å². The summed E-state index contributed by atoms with van der Waals surface area (Å²) < 4.78 is 7.56. The van der Waals surface area contributed by atoms with Crippen molar-refractivity contribution in [1.29, 1.82) is 0 Å². The summed E-state index contributed by atoms with van der Waals surface area (Å²) in [6.07, 6.45) is -0.662. The molecule has 1 N–H and O–H groups in total. The minimum absolute atomic E-state index is 0.196. The quantitative estimate of drug-likeness (QED) is 0.797. The molecule has 0 spiro atoms. The fraction of sp³-hybridized carbons (Fsp3) is 0.400. The molecule has 3 rings (SSSR count). The molecule has 0 bridgehead atoms. The molecule has 0 aliphatic carbocycles. The molecule has 0 aliphatic heterocycles. The Kier molecular flexibility index (Phi) is 3.47. The van der Waals surface area contributed by atoms with Gasteiger partial charge in [-0.2, -0.15) is 0 Å². The highest BCUT2D eigenvalue weighted by Gasteiger charge is 2.17. The number of benzene rings is 1. The monoisotopic (exact) mass is 286 g/mol. The molecule has 3 aromatic rings. The first-order chi connectivity index (χ1) is 10.1. The van der Waals surface area contributed by atoms with Gasteiger partial charge in [-0.3, -0.25) is 0 Å². The molecule has 21 heavy (non-hydrogen) atoms. The number of fused-ring (bicyclic) bond motifs is 1. The van der Waals surface area contributed by atoms with E-state index in [4.69, 9.17) is 4.42 Å². The van der Waals surface area contributed by atoms with Crippen molar-refractivity contribution < 1.29 is 9.52 Å². The molecule has 2 heterocycles. The van der Waals surface area contributed by atoms with Crippen LogP contribution in [-0.2, 0) is 6.54 Å². The number of hydrogen-bond acceptors (Lipinski definition) is 5. The van der Waals surface area contributed by atoms with E-state index in [1.165, 1.54) is 0 Å². The predicted molar refractivity (Wildman–Crippen MR) is 77.9 cm³/mol. The van der Waals surface area contributed by atoms with Gasteiger partial charge in [0.05, 0.1) is 11.0 Å². The molecule has 1 unspecified atom stereocenters. The molecular formula is C15H18N4O2. The highest BCUT2D eigenvalue weighted by atomic mass is 16.4. The Balaban J connectivity index is 2.03. The number of para-hydroxylation sites is 2. The zero-order chi connectivity index (χ0) is 15.0. The van der Waals surface area contributed by atoms with E-state index in [1.54, 1.807) is 6.92 Å². The molecule has 1 atom stereocenters. The third-order valence-electron chi connectivity index (χ3n) is 3.33. The van der Waals surface area contributed by atoms with E-state index in [0.717, 1.165) is 11.0 Å². The third-order valence-corrected chi connectivity index (χ3v) is 3.33. The normalized spacial score (nSPS) is 13.2. The number of aliphatic hydroxyl groups is 1. The summed E-state index contributed by atoms with van der Waals surface area (Å²) in [4.78, 5) is 4.47. The number of aliphatic hydroxyl groups excluding tert-OH is 1. The predicted octanol–water partition coefficient (Wildman–Crippen LogP) is 2.64. The van der Waals surface area contributed by atoms with Crippen LogP contribution in [0, 0.1) is 0 Å². The SMILES string of the molecule is CC(C)c1nnc(Cn2c(C(C)O)nc3ccccc32)o1. The highest BCUT2D eigenvalue weighted by Crippen LogP contribution is 2.22. The van der Waals surface area contributed by atoms with Crippen molar-refractivity contribution in [3.05, 3.63) is 41.9 Å². The van der Waals surface area contributed by atoms with Gasteiger partial charge in [-0.15, -0.1) is 10.2 Å². The van der Waals surface area contributed by atoms with Crippen LogP contribution in [0.3, 0.4) is 0 Å². The van der Waals surface area contributed by atoms with Crippen LogP contribution in [0.4, 0.5) is 0 Å². The maximum Gasteiger partial charge on any atom is 0.236 e. The lowest BCUT2D eigenvalue weighted by atomic mass is 10.2. The van der Waals surface area contributed by atoms with Gasteiger partial charge in [-0.1, -0.05) is 26.0 Å². The second kappa shape index (κ2) is 5.29. The lowest BCUT2D eigenvalue weighted by Gasteiger charge is -2.08. The Morgan fingerprint density at radius 1 is 1.19 bits per heavy atom. The summed E-state index contributed by atoms with van der Waals surface area (Å²) >= 11 is 0. The fourth-order valence-corrected chi connectivity index (χ4v) is 2.28. The van der Waals surface area contributed by atoms with Crippen molar-refractivity contribution in [2.45, 2.75) is 39.3 Å². The van der Waals surface area contributed by atoms with Crippen molar-refractivity contribution >= 4 is 11.0 Å². The van der Waals surface area contributed by atoms with E-state index >= 15 is 0 Å². The Labute approximate surface area is 122 Å². The summed E-state index contributed by atoms with van der Waals surface area (Å²) in [5.41, 5.74) is 1.79. The van der Waals surface area contributed by atoms with Crippen LogP contribution in [0.1, 0.15) is 50.4 Å². The zero-order valence-corrected chi connectivity index (χ0v) is 12.3. The Bertz CT molecular complexity index is 758. The summed E-state index contributed by atoms with van der Waals surface area (Å²) in [7, 11) is 0. The number of imidazole rings is 1. The third kappa shape index (κ3) is 2.54. The van der Waals surface area contributed by atoms with Crippen LogP contribution >= 0.6 is 0 Å². The number of rotatable bonds is 4. The van der Waals surface area contributed by atoms with E-state index in [0.29, 0.717) is 24.2 Å². The van der Waals surface area contributed by atoms with Gasteiger partial charge in [-0.05, 0) is 19.1 Å². The van der Waals surface area contributed by atoms with E-state index in [-0.39, 0.29) is 5.92 Å². The molecule has 110 valence electrons. The van der Waals surface area contributed by atoms with Crippen molar-refractivity contribution in [3.8, 4) is 0 Å². The van der Waals surface area contributed by atoms with Crippen LogP contribution in [0.2, 0.25) is 0 Å². The molecule has 0 aliphatic rings. The van der Waals surface area contributed by atoms with E-state index in [1.807, 2.05) is 42.7 Å². The topological polar surface area (TPSA) is 77.0 Å². The van der Waals surface area contributed by atoms with E-state index in [2.05, 4.69) is 15.2 Å². The average Bonchev–Trinajstić information content (AvgIpc) is 3.05. The minimum atomic E-state index is -0.662. The second-order valence-corrected chi connectivity index (χ2v) is 5.41. The first-order valence-electron chi connectivity index (χ1n) is 7.01. The molecule has 2 aromatic heterocycles. The van der Waals surface area contributed by atoms with Gasteiger partial charge >= 0.3 is 0 Å². The van der Waals surface area contributed by atoms with Gasteiger partial charge in [0.2, 0.25) is 11.8 Å². The van der Waals surface area contributed by atoms with Crippen LogP contribution in [0.5, 0.6) is 0 Å². The molecule has 1 aromatic carbocycles. The lowest BCUT2D eigenvalue weighted by Crippen LogP contribution is -2.08. The number of nitrogens with zero attached hydrogens (tertiary/aromatic N) is 4. The lowest BCUT2D eigenvalue weighted by molar-refractivity contribution is 0.184. The van der Waals surface area contributed by atoms with Crippen LogP contribution in [0.25, 0.3) is 11.0 Å². The maximum absolute atomic E-state index is 9.93. The Morgan fingerprint density at radius 2 is 1.95 bits per heavy atom. The van der Waals surface area contributed by atoms with E-state index < -0.39 is 6.10 Å². The molecule has 0 saturated carbocycles. The van der Waals surface area contributed by atoms with Crippen molar-refractivity contribution in [3.63, 3.8) is 0 Å². The zero-order valence-electron chi connectivity index (χ0n) is 12.3. The summed E-state index contributed by atoms with van der Waals surface area (Å²) in [5.74, 6) is 1.93.